The van der Waals surface area contributed by atoms with Gasteiger partial charge < -0.3 is 24.6 Å². The van der Waals surface area contributed by atoms with E-state index in [1.165, 1.54) is 4.90 Å². The molecule has 2 saturated carbocycles. The number of para-hydroxylation sites is 2. The Morgan fingerprint density at radius 2 is 1.90 bits per heavy atom. The zero-order valence-corrected chi connectivity index (χ0v) is 24.4. The van der Waals surface area contributed by atoms with Crippen molar-refractivity contribution in [3.8, 4) is 0 Å². The van der Waals surface area contributed by atoms with Crippen molar-refractivity contribution in [1.29, 1.82) is 0 Å². The zero-order valence-electron chi connectivity index (χ0n) is 24.4. The highest BCUT2D eigenvalue weighted by molar-refractivity contribution is 6.08. The van der Waals surface area contributed by atoms with Gasteiger partial charge in [0.25, 0.3) is 0 Å². The van der Waals surface area contributed by atoms with E-state index in [0.29, 0.717) is 28.4 Å². The second-order valence-electron chi connectivity index (χ2n) is 13.9. The molecule has 41 heavy (non-hydrogen) atoms. The lowest BCUT2D eigenvalue weighted by Gasteiger charge is -2.52. The molecule has 1 saturated heterocycles. The van der Waals surface area contributed by atoms with Gasteiger partial charge in [0.2, 0.25) is 5.91 Å². The van der Waals surface area contributed by atoms with Gasteiger partial charge in [0, 0.05) is 5.92 Å². The summed E-state index contributed by atoms with van der Waals surface area (Å²) in [4.78, 5) is 42.5. The van der Waals surface area contributed by atoms with E-state index in [1.54, 1.807) is 45.0 Å². The minimum atomic E-state index is -1.91. The third-order valence-corrected chi connectivity index (χ3v) is 10.9. The lowest BCUT2D eigenvalue weighted by molar-refractivity contribution is -0.302. The number of hydrogen-bond acceptors (Lipinski definition) is 7. The number of aliphatic hydroxyl groups is 1. The highest BCUT2D eigenvalue weighted by atomic mass is 16.7. The summed E-state index contributed by atoms with van der Waals surface area (Å²) < 4.78 is 18.7. The van der Waals surface area contributed by atoms with Crippen molar-refractivity contribution in [2.75, 3.05) is 23.4 Å². The third kappa shape index (κ3) is 3.42. The van der Waals surface area contributed by atoms with Crippen LogP contribution in [0.2, 0.25) is 0 Å². The molecule has 6 aliphatic rings. The Labute approximate surface area is 239 Å². The molecule has 1 aromatic rings. The summed E-state index contributed by atoms with van der Waals surface area (Å²) in [5.74, 6) is -1.58. The van der Waals surface area contributed by atoms with E-state index in [9.17, 15) is 19.5 Å². The first-order valence-electron chi connectivity index (χ1n) is 14.6. The van der Waals surface area contributed by atoms with Crippen LogP contribution in [0.3, 0.4) is 0 Å². The average Bonchev–Trinajstić information content (AvgIpc) is 3.40. The Bertz CT molecular complexity index is 1440. The van der Waals surface area contributed by atoms with Crippen molar-refractivity contribution in [1.82, 2.24) is 0 Å². The Morgan fingerprint density at radius 1 is 1.17 bits per heavy atom. The van der Waals surface area contributed by atoms with Crippen LogP contribution in [-0.2, 0) is 23.8 Å². The van der Waals surface area contributed by atoms with Crippen LogP contribution in [0, 0.1) is 34.5 Å². The van der Waals surface area contributed by atoms with Crippen LogP contribution in [0.1, 0.15) is 48.0 Å². The number of allylic oxidation sites excluding steroid dienone is 1. The molecule has 2 bridgehead atoms. The second-order valence-corrected chi connectivity index (χ2v) is 13.9. The number of Topliss-reactive ketones (excluding diaryl/α,β-unsaturated/α-hetero) is 1. The van der Waals surface area contributed by atoms with Crippen molar-refractivity contribution in [3.63, 3.8) is 0 Å². The van der Waals surface area contributed by atoms with Crippen molar-refractivity contribution in [2.45, 2.75) is 71.6 Å². The highest BCUT2D eigenvalue weighted by Gasteiger charge is 2.77. The predicted octanol–water partition coefficient (Wildman–Crippen LogP) is 4.22. The van der Waals surface area contributed by atoms with Gasteiger partial charge in [-0.2, -0.15) is 0 Å². The molecule has 9 nitrogen and oxygen atoms in total. The monoisotopic (exact) mass is 562 g/mol. The van der Waals surface area contributed by atoms with E-state index in [0.717, 1.165) is 6.42 Å². The van der Waals surface area contributed by atoms with Gasteiger partial charge >= 0.3 is 6.09 Å². The highest BCUT2D eigenvalue weighted by Crippen LogP contribution is 2.72. The minimum absolute atomic E-state index is 0.00627. The fourth-order valence-corrected chi connectivity index (χ4v) is 8.86. The first-order chi connectivity index (χ1) is 19.2. The normalized spacial score (nSPS) is 41.3. The van der Waals surface area contributed by atoms with Crippen LogP contribution in [0.25, 0.3) is 0 Å². The maximum atomic E-state index is 14.8. The lowest BCUT2D eigenvalue weighted by atomic mass is 9.59. The van der Waals surface area contributed by atoms with Crippen LogP contribution >= 0.6 is 0 Å². The van der Waals surface area contributed by atoms with Gasteiger partial charge in [0.15, 0.2) is 23.3 Å². The quantitative estimate of drug-likeness (QED) is 0.493. The Kier molecular flexibility index (Phi) is 5.44. The van der Waals surface area contributed by atoms with Gasteiger partial charge in [0.05, 0.1) is 23.4 Å². The average molecular weight is 563 g/mol. The second kappa shape index (κ2) is 8.30. The number of rotatable bonds is 1. The molecule has 2 N–H and O–H groups in total. The molecule has 8 atom stereocenters. The maximum Gasteiger partial charge on any atom is 0.415 e. The molecule has 7 rings (SSSR count). The lowest BCUT2D eigenvalue weighted by Crippen LogP contribution is -2.68. The fourth-order valence-electron chi connectivity index (χ4n) is 8.86. The summed E-state index contributed by atoms with van der Waals surface area (Å²) >= 11 is 0. The number of nitrogens with zero attached hydrogens (tertiary/aromatic N) is 1. The smallest absolute Gasteiger partial charge is 0.415 e. The molecule has 1 spiro atoms. The first kappa shape index (κ1) is 26.9. The molecule has 0 radical (unpaired) electrons. The van der Waals surface area contributed by atoms with Gasteiger partial charge in [-0.1, -0.05) is 45.1 Å². The molecule has 3 fully saturated rings. The standard InChI is InChI=1S/C32H38N2O7/c1-16-13-31-17(2)11-20-24(29(20,3)4)19(25(31)36)12-18-15-39-30(5,6)41-27(18)32(31,38)26(16)40-28(37)34-14-23(35)33-21-9-7-8-10-22(21)34/h7-10,12-13,17,19-20,24,26-27,38H,11,14-15H2,1-6H3,(H,33,35)/t17-,19+,20-,24+,26+,27-,31+,32-/m1/s1. The fraction of sp³-hybridized carbons (Fsp3) is 0.594. The molecule has 2 aliphatic heterocycles. The Balaban J connectivity index is 1.35. The van der Waals surface area contributed by atoms with E-state index < -0.39 is 41.0 Å². The van der Waals surface area contributed by atoms with Gasteiger partial charge in [-0.05, 0) is 73.6 Å². The zero-order chi connectivity index (χ0) is 29.3. The van der Waals surface area contributed by atoms with E-state index >= 15 is 0 Å². The number of hydrogen-bond donors (Lipinski definition) is 2. The van der Waals surface area contributed by atoms with Crippen LogP contribution in [0.5, 0.6) is 0 Å². The van der Waals surface area contributed by atoms with Crippen molar-refractivity contribution >= 4 is 29.2 Å². The summed E-state index contributed by atoms with van der Waals surface area (Å²) in [6.45, 7) is 11.8. The molecule has 0 unspecified atom stereocenters. The number of amides is 2. The third-order valence-electron chi connectivity index (χ3n) is 10.9. The number of fused-ring (bicyclic) bond motifs is 6. The molecule has 2 amide bonds. The van der Waals surface area contributed by atoms with Crippen LogP contribution in [-0.4, -0.2) is 59.6 Å². The van der Waals surface area contributed by atoms with Gasteiger partial charge in [0.1, 0.15) is 12.6 Å². The van der Waals surface area contributed by atoms with Crippen molar-refractivity contribution in [2.24, 2.45) is 34.5 Å². The number of carbonyl (C=O) groups excluding carboxylic acids is 3. The number of nitrogens with one attached hydrogen (secondary N) is 1. The number of carbonyl (C=O) groups is 3. The summed E-state index contributed by atoms with van der Waals surface area (Å²) in [6.07, 6.45) is 1.72. The van der Waals surface area contributed by atoms with Gasteiger partial charge in [-0.3, -0.25) is 14.5 Å². The molecule has 4 aliphatic carbocycles. The molecule has 1 aromatic carbocycles. The number of ketones is 1. The van der Waals surface area contributed by atoms with Crippen molar-refractivity contribution < 1.29 is 33.7 Å². The molecule has 2 heterocycles. The maximum absolute atomic E-state index is 14.8. The van der Waals surface area contributed by atoms with E-state index in [2.05, 4.69) is 19.2 Å². The Hall–Kier alpha value is -3.01. The summed E-state index contributed by atoms with van der Waals surface area (Å²) in [6, 6.07) is 7.00. The largest absolute Gasteiger partial charge is 0.438 e. The van der Waals surface area contributed by atoms with Gasteiger partial charge in [-0.25, -0.2) is 4.79 Å². The molecule has 9 heteroatoms. The molecular formula is C32H38N2O7. The number of ether oxygens (including phenoxy) is 3. The SMILES string of the molecule is CC1=C[C@]23C(=O)[C@@H](C=C4COC(C)(C)O[C@H]4[C@]2(O)[C@H]1OC(=O)N1CC(=O)Nc2ccccc21)[C@H]1[C@@H](C[C@H]3C)C1(C)C. The minimum Gasteiger partial charge on any atom is -0.438 e. The number of anilines is 2. The van der Waals surface area contributed by atoms with Crippen LogP contribution in [0.4, 0.5) is 16.2 Å². The molecule has 218 valence electrons. The summed E-state index contributed by atoms with van der Waals surface area (Å²) in [5, 5.41) is 16.0. The number of benzene rings is 1. The Morgan fingerprint density at radius 3 is 2.66 bits per heavy atom. The van der Waals surface area contributed by atoms with Crippen LogP contribution in [0.15, 0.2) is 47.6 Å². The predicted molar refractivity (Wildman–Crippen MR) is 150 cm³/mol. The molecular weight excluding hydrogens is 524 g/mol. The van der Waals surface area contributed by atoms with Gasteiger partial charge in [-0.15, -0.1) is 0 Å². The first-order valence-corrected chi connectivity index (χ1v) is 14.6. The van der Waals surface area contributed by atoms with E-state index in [-0.39, 0.29) is 42.1 Å². The topological polar surface area (TPSA) is 114 Å². The van der Waals surface area contributed by atoms with E-state index in [1.807, 2.05) is 19.1 Å². The van der Waals surface area contributed by atoms with E-state index in [4.69, 9.17) is 14.2 Å². The van der Waals surface area contributed by atoms with Crippen molar-refractivity contribution in [3.05, 3.63) is 47.6 Å². The summed E-state index contributed by atoms with van der Waals surface area (Å²) in [7, 11) is 0. The molecule has 0 aromatic heterocycles. The van der Waals surface area contributed by atoms with Crippen LogP contribution < -0.4 is 10.2 Å². The summed E-state index contributed by atoms with van der Waals surface area (Å²) in [5.41, 5.74) is -0.932.